The molecule has 3 nitrogen and oxygen atoms in total. The summed E-state index contributed by atoms with van der Waals surface area (Å²) in [6.45, 7) is 10.7. The van der Waals surface area contributed by atoms with E-state index < -0.39 is 0 Å². The van der Waals surface area contributed by atoms with E-state index in [0.29, 0.717) is 12.1 Å². The summed E-state index contributed by atoms with van der Waals surface area (Å²) >= 11 is 0. The van der Waals surface area contributed by atoms with E-state index in [1.165, 1.54) is 0 Å². The Balaban J connectivity index is 2.58. The quantitative estimate of drug-likeness (QED) is 0.691. The molecule has 16 heavy (non-hydrogen) atoms. The summed E-state index contributed by atoms with van der Waals surface area (Å²) < 4.78 is 2.00. The predicted molar refractivity (Wildman–Crippen MR) is 66.8 cm³/mol. The molecule has 0 saturated heterocycles. The Kier molecular flexibility index (Phi) is 4.74. The number of carbonyl (C=O) groups is 1. The van der Waals surface area contributed by atoms with Crippen molar-refractivity contribution in [2.45, 2.75) is 46.3 Å². The highest BCUT2D eigenvalue weighted by Gasteiger charge is 2.13. The molecule has 0 saturated carbocycles. The Morgan fingerprint density at radius 2 is 1.94 bits per heavy atom. The molecule has 0 aliphatic heterocycles. The van der Waals surface area contributed by atoms with Crippen LogP contribution in [0.3, 0.4) is 0 Å². The van der Waals surface area contributed by atoms with E-state index in [0.717, 1.165) is 25.1 Å². The monoisotopic (exact) mass is 222 g/mol. The standard InChI is InChI=1S/C13H22N2O/c1-11(2)15(12(3)4)9-8-14-7-5-6-13(14)10-16/h5-7,10-12H,8-9H2,1-4H3. The molecule has 0 radical (unpaired) electrons. The fourth-order valence-corrected chi connectivity index (χ4v) is 2.07. The van der Waals surface area contributed by atoms with E-state index in [9.17, 15) is 4.79 Å². The van der Waals surface area contributed by atoms with Gasteiger partial charge in [-0.3, -0.25) is 9.69 Å². The summed E-state index contributed by atoms with van der Waals surface area (Å²) in [4.78, 5) is 13.2. The molecule has 0 bridgehead atoms. The molecule has 90 valence electrons. The van der Waals surface area contributed by atoms with Crippen LogP contribution in [0.15, 0.2) is 18.3 Å². The van der Waals surface area contributed by atoms with Crippen LogP contribution in [0, 0.1) is 0 Å². The van der Waals surface area contributed by atoms with Crippen LogP contribution in [0.5, 0.6) is 0 Å². The van der Waals surface area contributed by atoms with Gasteiger partial charge in [-0.2, -0.15) is 0 Å². The van der Waals surface area contributed by atoms with Crippen LogP contribution in [0.25, 0.3) is 0 Å². The first kappa shape index (κ1) is 13.0. The maximum absolute atomic E-state index is 10.8. The first-order chi connectivity index (χ1) is 7.56. The minimum absolute atomic E-state index is 0.537. The van der Waals surface area contributed by atoms with Crippen LogP contribution in [0.1, 0.15) is 38.2 Å². The number of nitrogens with zero attached hydrogens (tertiary/aromatic N) is 2. The van der Waals surface area contributed by atoms with Gasteiger partial charge in [0.05, 0.1) is 5.69 Å². The highest BCUT2D eigenvalue weighted by Crippen LogP contribution is 2.06. The molecule has 0 spiro atoms. The maximum Gasteiger partial charge on any atom is 0.166 e. The van der Waals surface area contributed by atoms with Crippen LogP contribution in [-0.2, 0) is 6.54 Å². The van der Waals surface area contributed by atoms with Crippen LogP contribution < -0.4 is 0 Å². The van der Waals surface area contributed by atoms with Crippen LogP contribution in [-0.4, -0.2) is 34.4 Å². The highest BCUT2D eigenvalue weighted by molar-refractivity contribution is 5.72. The molecule has 0 aromatic carbocycles. The van der Waals surface area contributed by atoms with Gasteiger partial charge in [-0.1, -0.05) is 0 Å². The third-order valence-corrected chi connectivity index (χ3v) is 2.91. The van der Waals surface area contributed by atoms with E-state index in [2.05, 4.69) is 32.6 Å². The number of hydrogen-bond acceptors (Lipinski definition) is 2. The molecule has 0 atom stereocenters. The summed E-state index contributed by atoms with van der Waals surface area (Å²) in [5.41, 5.74) is 0.757. The fraction of sp³-hybridized carbons (Fsp3) is 0.615. The van der Waals surface area contributed by atoms with E-state index >= 15 is 0 Å². The summed E-state index contributed by atoms with van der Waals surface area (Å²) in [6.07, 6.45) is 2.87. The first-order valence-electron chi connectivity index (χ1n) is 5.92. The van der Waals surface area contributed by atoms with E-state index in [1.807, 2.05) is 22.9 Å². The van der Waals surface area contributed by atoms with Crippen molar-refractivity contribution in [1.29, 1.82) is 0 Å². The molecular formula is C13H22N2O. The van der Waals surface area contributed by atoms with Gasteiger partial charge in [-0.05, 0) is 39.8 Å². The molecule has 1 aromatic rings. The molecule has 0 aliphatic carbocycles. The van der Waals surface area contributed by atoms with Gasteiger partial charge < -0.3 is 4.57 Å². The Hall–Kier alpha value is -1.09. The number of aromatic nitrogens is 1. The Morgan fingerprint density at radius 3 is 2.44 bits per heavy atom. The van der Waals surface area contributed by atoms with Crippen molar-refractivity contribution in [2.24, 2.45) is 0 Å². The second-order valence-electron chi connectivity index (χ2n) is 4.67. The number of carbonyl (C=O) groups excluding carboxylic acids is 1. The molecule has 1 rings (SSSR count). The molecular weight excluding hydrogens is 200 g/mol. The van der Waals surface area contributed by atoms with Gasteiger partial charge in [0.25, 0.3) is 0 Å². The fourth-order valence-electron chi connectivity index (χ4n) is 2.07. The molecule has 0 aliphatic rings. The average molecular weight is 222 g/mol. The minimum Gasteiger partial charge on any atom is -0.344 e. The minimum atomic E-state index is 0.537. The lowest BCUT2D eigenvalue weighted by Crippen LogP contribution is -2.39. The SMILES string of the molecule is CC(C)N(CCn1cccc1C=O)C(C)C. The normalized spacial score (nSPS) is 11.7. The van der Waals surface area contributed by atoms with Crippen LogP contribution in [0.4, 0.5) is 0 Å². The topological polar surface area (TPSA) is 25.2 Å². The van der Waals surface area contributed by atoms with Crippen molar-refractivity contribution in [2.75, 3.05) is 6.54 Å². The zero-order valence-electron chi connectivity index (χ0n) is 10.7. The second-order valence-corrected chi connectivity index (χ2v) is 4.67. The molecule has 0 fully saturated rings. The van der Waals surface area contributed by atoms with Gasteiger partial charge in [-0.25, -0.2) is 0 Å². The van der Waals surface area contributed by atoms with E-state index in [-0.39, 0.29) is 0 Å². The van der Waals surface area contributed by atoms with E-state index in [4.69, 9.17) is 0 Å². The van der Waals surface area contributed by atoms with Crippen LogP contribution in [0.2, 0.25) is 0 Å². The highest BCUT2D eigenvalue weighted by atomic mass is 16.1. The predicted octanol–water partition coefficient (Wildman–Crippen LogP) is 2.42. The molecule has 0 unspecified atom stereocenters. The van der Waals surface area contributed by atoms with Gasteiger partial charge in [0.1, 0.15) is 0 Å². The first-order valence-corrected chi connectivity index (χ1v) is 5.92. The van der Waals surface area contributed by atoms with Gasteiger partial charge in [-0.15, -0.1) is 0 Å². The van der Waals surface area contributed by atoms with Gasteiger partial charge in [0.15, 0.2) is 6.29 Å². The zero-order chi connectivity index (χ0) is 12.1. The largest absolute Gasteiger partial charge is 0.344 e. The van der Waals surface area contributed by atoms with E-state index in [1.54, 1.807) is 0 Å². The number of aldehydes is 1. The molecule has 0 amide bonds. The Labute approximate surface area is 98.1 Å². The van der Waals surface area contributed by atoms with Crippen molar-refractivity contribution in [1.82, 2.24) is 9.47 Å². The van der Waals surface area contributed by atoms with Gasteiger partial charge in [0.2, 0.25) is 0 Å². The molecule has 0 N–H and O–H groups in total. The number of hydrogen-bond donors (Lipinski definition) is 0. The Bertz CT molecular complexity index is 320. The smallest absolute Gasteiger partial charge is 0.166 e. The lowest BCUT2D eigenvalue weighted by molar-refractivity contribution is 0.111. The average Bonchev–Trinajstić information content (AvgIpc) is 2.64. The zero-order valence-corrected chi connectivity index (χ0v) is 10.7. The summed E-state index contributed by atoms with van der Waals surface area (Å²) in [5, 5.41) is 0. The Morgan fingerprint density at radius 1 is 1.31 bits per heavy atom. The van der Waals surface area contributed by atoms with Crippen molar-refractivity contribution >= 4 is 6.29 Å². The maximum atomic E-state index is 10.8. The van der Waals surface area contributed by atoms with Gasteiger partial charge in [0, 0.05) is 31.4 Å². The molecule has 1 aromatic heterocycles. The summed E-state index contributed by atoms with van der Waals surface area (Å²) in [6, 6.07) is 4.84. The molecule has 1 heterocycles. The lowest BCUT2D eigenvalue weighted by atomic mass is 10.2. The summed E-state index contributed by atoms with van der Waals surface area (Å²) in [5.74, 6) is 0. The number of rotatable bonds is 6. The third-order valence-electron chi connectivity index (χ3n) is 2.91. The van der Waals surface area contributed by atoms with Crippen molar-refractivity contribution in [3.8, 4) is 0 Å². The third kappa shape index (κ3) is 3.20. The second kappa shape index (κ2) is 5.85. The summed E-state index contributed by atoms with van der Waals surface area (Å²) in [7, 11) is 0. The van der Waals surface area contributed by atoms with Gasteiger partial charge >= 0.3 is 0 Å². The molecule has 3 heteroatoms. The lowest BCUT2D eigenvalue weighted by Gasteiger charge is -2.30. The van der Waals surface area contributed by atoms with Crippen molar-refractivity contribution in [3.63, 3.8) is 0 Å². The van der Waals surface area contributed by atoms with Crippen molar-refractivity contribution in [3.05, 3.63) is 24.0 Å². The van der Waals surface area contributed by atoms with Crippen LogP contribution >= 0.6 is 0 Å². The van der Waals surface area contributed by atoms with Crippen molar-refractivity contribution < 1.29 is 4.79 Å².